The molecular formula is C15H30N2. The topological polar surface area (TPSA) is 15.3 Å². The second-order valence-electron chi connectivity index (χ2n) is 6.37. The Bertz CT molecular complexity index is 229. The highest BCUT2D eigenvalue weighted by molar-refractivity contribution is 4.89. The molecule has 4 unspecified atom stereocenters. The summed E-state index contributed by atoms with van der Waals surface area (Å²) in [5, 5.41) is 3.57. The summed E-state index contributed by atoms with van der Waals surface area (Å²) in [7, 11) is 4.49. The van der Waals surface area contributed by atoms with E-state index in [1.807, 2.05) is 0 Å². The lowest BCUT2D eigenvalue weighted by atomic mass is 9.91. The van der Waals surface area contributed by atoms with Crippen LogP contribution in [-0.2, 0) is 0 Å². The van der Waals surface area contributed by atoms with E-state index >= 15 is 0 Å². The third-order valence-corrected chi connectivity index (χ3v) is 4.97. The molecule has 0 radical (unpaired) electrons. The van der Waals surface area contributed by atoms with Gasteiger partial charge in [-0.15, -0.1) is 0 Å². The van der Waals surface area contributed by atoms with Gasteiger partial charge in [0.05, 0.1) is 0 Å². The fourth-order valence-electron chi connectivity index (χ4n) is 3.49. The van der Waals surface area contributed by atoms with Gasteiger partial charge >= 0.3 is 0 Å². The van der Waals surface area contributed by atoms with E-state index in [2.05, 4.69) is 31.2 Å². The average molecular weight is 238 g/mol. The molecule has 0 aliphatic heterocycles. The number of hydrogen-bond acceptors (Lipinski definition) is 2. The summed E-state index contributed by atoms with van der Waals surface area (Å²) in [6.45, 7) is 3.72. The molecule has 2 nitrogen and oxygen atoms in total. The van der Waals surface area contributed by atoms with Crippen molar-refractivity contribution < 1.29 is 0 Å². The quantitative estimate of drug-likeness (QED) is 0.810. The summed E-state index contributed by atoms with van der Waals surface area (Å²) in [6.07, 6.45) is 9.94. The van der Waals surface area contributed by atoms with Crippen molar-refractivity contribution in [3.8, 4) is 0 Å². The Balaban J connectivity index is 1.88. The fraction of sp³-hybridized carbons (Fsp3) is 1.00. The molecule has 17 heavy (non-hydrogen) atoms. The molecule has 2 aliphatic rings. The molecule has 1 N–H and O–H groups in total. The van der Waals surface area contributed by atoms with Gasteiger partial charge in [-0.2, -0.15) is 0 Å². The van der Waals surface area contributed by atoms with E-state index in [1.165, 1.54) is 51.5 Å². The van der Waals surface area contributed by atoms with Crippen LogP contribution in [0.4, 0.5) is 0 Å². The third kappa shape index (κ3) is 3.69. The predicted molar refractivity (Wildman–Crippen MR) is 74.2 cm³/mol. The summed E-state index contributed by atoms with van der Waals surface area (Å²) in [5.74, 6) is 1.97. The number of likely N-dealkylation sites (N-methyl/N-ethyl adjacent to an activating group) is 2. The van der Waals surface area contributed by atoms with Crippen molar-refractivity contribution in [1.29, 1.82) is 0 Å². The van der Waals surface area contributed by atoms with Crippen molar-refractivity contribution in [2.45, 2.75) is 64.0 Å². The van der Waals surface area contributed by atoms with Crippen LogP contribution in [0.1, 0.15) is 51.9 Å². The Morgan fingerprint density at radius 3 is 2.35 bits per heavy atom. The van der Waals surface area contributed by atoms with Gasteiger partial charge in [-0.25, -0.2) is 0 Å². The molecule has 4 atom stereocenters. The van der Waals surface area contributed by atoms with Gasteiger partial charge < -0.3 is 10.2 Å². The van der Waals surface area contributed by atoms with Crippen LogP contribution < -0.4 is 5.32 Å². The normalized spacial score (nSPS) is 38.8. The number of rotatable bonds is 4. The Morgan fingerprint density at radius 2 is 1.76 bits per heavy atom. The minimum atomic E-state index is 0.717. The molecule has 0 amide bonds. The zero-order valence-electron chi connectivity index (χ0n) is 11.9. The van der Waals surface area contributed by atoms with Gasteiger partial charge in [0.25, 0.3) is 0 Å². The van der Waals surface area contributed by atoms with E-state index in [-0.39, 0.29) is 0 Å². The Labute approximate surface area is 107 Å². The molecular weight excluding hydrogens is 208 g/mol. The number of hydrogen-bond donors (Lipinski definition) is 1. The molecule has 2 aliphatic carbocycles. The molecule has 2 rings (SSSR count). The monoisotopic (exact) mass is 238 g/mol. The largest absolute Gasteiger partial charge is 0.315 e. The minimum Gasteiger partial charge on any atom is -0.315 e. The van der Waals surface area contributed by atoms with Crippen LogP contribution >= 0.6 is 0 Å². The van der Waals surface area contributed by atoms with E-state index in [0.29, 0.717) is 6.04 Å². The first-order chi connectivity index (χ1) is 8.22. The first kappa shape index (κ1) is 13.4. The molecule has 100 valence electrons. The van der Waals surface area contributed by atoms with Crippen molar-refractivity contribution in [1.82, 2.24) is 10.2 Å². The second kappa shape index (κ2) is 6.19. The highest BCUT2D eigenvalue weighted by Crippen LogP contribution is 2.38. The van der Waals surface area contributed by atoms with E-state index < -0.39 is 0 Å². The lowest BCUT2D eigenvalue weighted by molar-refractivity contribution is 0.160. The Kier molecular flexibility index (Phi) is 4.87. The predicted octanol–water partition coefficient (Wildman–Crippen LogP) is 2.89. The van der Waals surface area contributed by atoms with Gasteiger partial charge in [0.15, 0.2) is 0 Å². The van der Waals surface area contributed by atoms with Crippen LogP contribution in [0.3, 0.4) is 0 Å². The number of nitrogens with zero attached hydrogens (tertiary/aromatic N) is 1. The lowest BCUT2D eigenvalue weighted by Crippen LogP contribution is -2.48. The van der Waals surface area contributed by atoms with Crippen molar-refractivity contribution in [2.75, 3.05) is 20.6 Å². The Morgan fingerprint density at radius 1 is 1.12 bits per heavy atom. The van der Waals surface area contributed by atoms with Crippen molar-refractivity contribution >= 4 is 0 Å². The van der Waals surface area contributed by atoms with E-state index in [4.69, 9.17) is 0 Å². The Hall–Kier alpha value is -0.0800. The first-order valence-corrected chi connectivity index (χ1v) is 7.60. The van der Waals surface area contributed by atoms with Crippen LogP contribution in [-0.4, -0.2) is 37.6 Å². The average Bonchev–Trinajstić information content (AvgIpc) is 2.94. The van der Waals surface area contributed by atoms with Gasteiger partial charge in [-0.1, -0.05) is 32.6 Å². The molecule has 2 fully saturated rings. The fourth-order valence-corrected chi connectivity index (χ4v) is 3.49. The molecule has 0 saturated heterocycles. The second-order valence-corrected chi connectivity index (χ2v) is 6.37. The van der Waals surface area contributed by atoms with E-state index in [1.54, 1.807) is 0 Å². The molecule has 0 aromatic rings. The van der Waals surface area contributed by atoms with Gasteiger partial charge in [0, 0.05) is 18.6 Å². The number of nitrogens with one attached hydrogen (secondary N) is 1. The van der Waals surface area contributed by atoms with Crippen LogP contribution in [0.2, 0.25) is 0 Å². The van der Waals surface area contributed by atoms with Gasteiger partial charge in [0.1, 0.15) is 0 Å². The van der Waals surface area contributed by atoms with Crippen molar-refractivity contribution in [3.05, 3.63) is 0 Å². The molecule has 2 saturated carbocycles. The molecule has 0 bridgehead atoms. The maximum Gasteiger partial charge on any atom is 0.0246 e. The van der Waals surface area contributed by atoms with E-state index in [9.17, 15) is 0 Å². The highest BCUT2D eigenvalue weighted by atomic mass is 15.2. The van der Waals surface area contributed by atoms with Crippen LogP contribution in [0, 0.1) is 11.8 Å². The van der Waals surface area contributed by atoms with Gasteiger partial charge in [0.2, 0.25) is 0 Å². The van der Waals surface area contributed by atoms with Gasteiger partial charge in [-0.3, -0.25) is 0 Å². The van der Waals surface area contributed by atoms with Crippen LogP contribution in [0.15, 0.2) is 0 Å². The summed E-state index contributed by atoms with van der Waals surface area (Å²) in [5.41, 5.74) is 0. The summed E-state index contributed by atoms with van der Waals surface area (Å²) < 4.78 is 0. The molecule has 0 spiro atoms. The van der Waals surface area contributed by atoms with Crippen LogP contribution in [0.25, 0.3) is 0 Å². The summed E-state index contributed by atoms with van der Waals surface area (Å²) in [4.78, 5) is 2.65. The molecule has 2 heteroatoms. The van der Waals surface area contributed by atoms with Gasteiger partial charge in [-0.05, 0) is 45.2 Å². The van der Waals surface area contributed by atoms with Crippen LogP contribution in [0.5, 0.6) is 0 Å². The zero-order chi connectivity index (χ0) is 12.3. The minimum absolute atomic E-state index is 0.717. The molecule has 0 heterocycles. The SMILES string of the molecule is CNC1CCCCCCC1N(C)CC1CC1C. The smallest absolute Gasteiger partial charge is 0.0246 e. The zero-order valence-corrected chi connectivity index (χ0v) is 11.9. The first-order valence-electron chi connectivity index (χ1n) is 7.60. The third-order valence-electron chi connectivity index (χ3n) is 4.97. The highest BCUT2D eigenvalue weighted by Gasteiger charge is 2.35. The molecule has 0 aromatic carbocycles. The molecule has 0 aromatic heterocycles. The van der Waals surface area contributed by atoms with Crippen molar-refractivity contribution in [3.63, 3.8) is 0 Å². The maximum absolute atomic E-state index is 3.57. The van der Waals surface area contributed by atoms with E-state index in [0.717, 1.165) is 17.9 Å². The lowest BCUT2D eigenvalue weighted by Gasteiger charge is -2.36. The van der Waals surface area contributed by atoms with Crippen molar-refractivity contribution in [2.24, 2.45) is 11.8 Å². The summed E-state index contributed by atoms with van der Waals surface area (Å²) in [6, 6.07) is 1.49. The summed E-state index contributed by atoms with van der Waals surface area (Å²) >= 11 is 0. The maximum atomic E-state index is 3.57. The standard InChI is InChI=1S/C15H30N2/c1-12-10-13(12)11-17(3)15-9-7-5-4-6-8-14(15)16-2/h12-16H,4-11H2,1-3H3.